The van der Waals surface area contributed by atoms with Gasteiger partial charge in [0.25, 0.3) is 0 Å². The molecule has 1 aromatic heterocycles. The summed E-state index contributed by atoms with van der Waals surface area (Å²) in [5, 5.41) is 0. The van der Waals surface area contributed by atoms with E-state index in [0.717, 1.165) is 38.3 Å². The van der Waals surface area contributed by atoms with E-state index in [-0.39, 0.29) is 0 Å². The van der Waals surface area contributed by atoms with Gasteiger partial charge in [0.2, 0.25) is 0 Å². The first-order chi connectivity index (χ1) is 9.65. The fourth-order valence-electron chi connectivity index (χ4n) is 2.85. The Morgan fingerprint density at radius 1 is 1.20 bits per heavy atom. The second-order valence-electron chi connectivity index (χ2n) is 5.92. The van der Waals surface area contributed by atoms with E-state index in [1.54, 1.807) is 0 Å². The number of hydrogen-bond acceptors (Lipinski definition) is 4. The van der Waals surface area contributed by atoms with Gasteiger partial charge in [0.05, 0.1) is 0 Å². The molecule has 20 heavy (non-hydrogen) atoms. The molecule has 1 aromatic rings. The molecule has 112 valence electrons. The number of nitrogens with two attached hydrogens (primary N) is 1. The zero-order valence-electron chi connectivity index (χ0n) is 13.2. The van der Waals surface area contributed by atoms with E-state index in [0.29, 0.717) is 6.54 Å². The van der Waals surface area contributed by atoms with E-state index in [1.165, 1.54) is 29.7 Å². The molecule has 0 amide bonds. The van der Waals surface area contributed by atoms with Crippen LogP contribution >= 0.6 is 0 Å². The van der Waals surface area contributed by atoms with E-state index in [9.17, 15) is 0 Å². The Hall–Kier alpha value is -1.13. The minimum Gasteiger partial charge on any atom is -0.355 e. The van der Waals surface area contributed by atoms with Gasteiger partial charge in [-0.05, 0) is 51.4 Å². The first-order valence-electron chi connectivity index (χ1n) is 7.77. The lowest BCUT2D eigenvalue weighted by Crippen LogP contribution is -2.34. The van der Waals surface area contributed by atoms with E-state index in [4.69, 9.17) is 10.7 Å². The minimum absolute atomic E-state index is 0.581. The lowest BCUT2D eigenvalue weighted by atomic mass is 10.1. The van der Waals surface area contributed by atoms with Gasteiger partial charge in [0.1, 0.15) is 5.82 Å². The van der Waals surface area contributed by atoms with Crippen LogP contribution in [0.1, 0.15) is 36.6 Å². The molecule has 4 heteroatoms. The van der Waals surface area contributed by atoms with Gasteiger partial charge in [-0.3, -0.25) is 0 Å². The number of rotatable bonds is 7. The maximum Gasteiger partial charge on any atom is 0.133 e. The molecular formula is C16H28N4. The van der Waals surface area contributed by atoms with E-state index in [1.807, 2.05) is 0 Å². The van der Waals surface area contributed by atoms with Crippen LogP contribution in [-0.4, -0.2) is 43.6 Å². The number of fused-ring (bicyclic) bond motifs is 1. The van der Waals surface area contributed by atoms with Crippen LogP contribution in [0, 0.1) is 0 Å². The molecule has 0 aromatic carbocycles. The Bertz CT molecular complexity index is 442. The summed E-state index contributed by atoms with van der Waals surface area (Å²) in [6.07, 6.45) is 4.67. The third-order valence-electron chi connectivity index (χ3n) is 3.94. The Balaban J connectivity index is 2.26. The lowest BCUT2D eigenvalue weighted by molar-refractivity contribution is 0.412. The number of hydrogen-bond donors (Lipinski definition) is 1. The number of likely N-dealkylation sites (N-methyl/N-ethyl adjacent to an activating group) is 1. The van der Waals surface area contributed by atoms with Crippen LogP contribution in [0.3, 0.4) is 0 Å². The predicted octanol–water partition coefficient (Wildman–Crippen LogP) is 1.81. The number of aryl methyl sites for hydroxylation is 2. The van der Waals surface area contributed by atoms with Gasteiger partial charge in [-0.1, -0.05) is 6.92 Å². The molecule has 0 saturated carbocycles. The molecule has 2 N–H and O–H groups in total. The Morgan fingerprint density at radius 3 is 2.65 bits per heavy atom. The summed E-state index contributed by atoms with van der Waals surface area (Å²) < 4.78 is 0. The highest BCUT2D eigenvalue weighted by Crippen LogP contribution is 2.27. The van der Waals surface area contributed by atoms with Crippen LogP contribution in [0.5, 0.6) is 0 Å². The quantitative estimate of drug-likeness (QED) is 0.825. The van der Waals surface area contributed by atoms with Gasteiger partial charge >= 0.3 is 0 Å². The lowest BCUT2D eigenvalue weighted by Gasteiger charge is -2.27. The molecule has 0 radical (unpaired) electrons. The molecule has 4 nitrogen and oxygen atoms in total. The van der Waals surface area contributed by atoms with E-state index >= 15 is 0 Å². The Morgan fingerprint density at radius 2 is 2.00 bits per heavy atom. The highest BCUT2D eigenvalue weighted by molar-refractivity contribution is 5.51. The van der Waals surface area contributed by atoms with Gasteiger partial charge < -0.3 is 15.5 Å². The first kappa shape index (κ1) is 15.3. The zero-order chi connectivity index (χ0) is 14.5. The molecule has 0 spiro atoms. The fourth-order valence-corrected chi connectivity index (χ4v) is 2.85. The molecule has 0 atom stereocenters. The molecule has 0 fully saturated rings. The number of pyridine rings is 1. The largest absolute Gasteiger partial charge is 0.355 e. The summed E-state index contributed by atoms with van der Waals surface area (Å²) in [5.74, 6) is 1.12. The SMILES string of the molecule is CCCN(CCN(C)C)c1nc2c(cc1CN)CCC2. The van der Waals surface area contributed by atoms with Crippen molar-refractivity contribution >= 4 is 5.82 Å². The summed E-state index contributed by atoms with van der Waals surface area (Å²) in [6.45, 7) is 5.91. The van der Waals surface area contributed by atoms with Crippen molar-refractivity contribution in [3.05, 3.63) is 22.9 Å². The van der Waals surface area contributed by atoms with Gasteiger partial charge in [-0.2, -0.15) is 0 Å². The molecule has 0 aliphatic heterocycles. The van der Waals surface area contributed by atoms with Crippen molar-refractivity contribution < 1.29 is 0 Å². The van der Waals surface area contributed by atoms with Gasteiger partial charge in [0, 0.05) is 37.4 Å². The van der Waals surface area contributed by atoms with Crippen LogP contribution < -0.4 is 10.6 Å². The summed E-state index contributed by atoms with van der Waals surface area (Å²) in [7, 11) is 4.23. The first-order valence-corrected chi connectivity index (χ1v) is 7.77. The van der Waals surface area contributed by atoms with E-state index in [2.05, 4.69) is 36.9 Å². The molecule has 0 bridgehead atoms. The highest BCUT2D eigenvalue weighted by Gasteiger charge is 2.19. The highest BCUT2D eigenvalue weighted by atomic mass is 15.2. The maximum absolute atomic E-state index is 5.96. The fraction of sp³-hybridized carbons (Fsp3) is 0.688. The maximum atomic E-state index is 5.96. The summed E-state index contributed by atoms with van der Waals surface area (Å²) >= 11 is 0. The number of nitrogens with zero attached hydrogens (tertiary/aromatic N) is 3. The average molecular weight is 276 g/mol. The van der Waals surface area contributed by atoms with Gasteiger partial charge in [0.15, 0.2) is 0 Å². The zero-order valence-corrected chi connectivity index (χ0v) is 13.2. The number of aromatic nitrogens is 1. The van der Waals surface area contributed by atoms with Crippen molar-refractivity contribution in [3.63, 3.8) is 0 Å². The van der Waals surface area contributed by atoms with Crippen molar-refractivity contribution in [1.29, 1.82) is 0 Å². The molecular weight excluding hydrogens is 248 g/mol. The Labute approximate surface area is 123 Å². The predicted molar refractivity (Wildman–Crippen MR) is 85.2 cm³/mol. The minimum atomic E-state index is 0.581. The second kappa shape index (κ2) is 7.04. The smallest absolute Gasteiger partial charge is 0.133 e. The average Bonchev–Trinajstić information content (AvgIpc) is 2.89. The third-order valence-corrected chi connectivity index (χ3v) is 3.94. The Kier molecular flexibility index (Phi) is 5.38. The molecule has 2 rings (SSSR count). The van der Waals surface area contributed by atoms with Crippen LogP contribution in [0.25, 0.3) is 0 Å². The van der Waals surface area contributed by atoms with Crippen LogP contribution in [0.2, 0.25) is 0 Å². The normalized spacial score (nSPS) is 13.8. The van der Waals surface area contributed by atoms with Crippen LogP contribution in [0.4, 0.5) is 5.82 Å². The summed E-state index contributed by atoms with van der Waals surface area (Å²) in [6, 6.07) is 2.29. The third kappa shape index (κ3) is 3.49. The molecule has 1 heterocycles. The molecule has 0 saturated heterocycles. The van der Waals surface area contributed by atoms with Crippen LogP contribution in [0.15, 0.2) is 6.07 Å². The van der Waals surface area contributed by atoms with Crippen molar-refractivity contribution in [1.82, 2.24) is 9.88 Å². The monoisotopic (exact) mass is 276 g/mol. The van der Waals surface area contributed by atoms with Crippen LogP contribution in [-0.2, 0) is 19.4 Å². The number of anilines is 1. The summed E-state index contributed by atoms with van der Waals surface area (Å²) in [4.78, 5) is 9.57. The molecule has 0 unspecified atom stereocenters. The van der Waals surface area contributed by atoms with Crippen molar-refractivity contribution in [3.8, 4) is 0 Å². The van der Waals surface area contributed by atoms with Crippen molar-refractivity contribution in [2.75, 3.05) is 38.6 Å². The molecule has 1 aliphatic carbocycles. The van der Waals surface area contributed by atoms with Gasteiger partial charge in [-0.25, -0.2) is 4.98 Å². The second-order valence-corrected chi connectivity index (χ2v) is 5.92. The van der Waals surface area contributed by atoms with Gasteiger partial charge in [-0.15, -0.1) is 0 Å². The van der Waals surface area contributed by atoms with Crippen molar-refractivity contribution in [2.24, 2.45) is 5.73 Å². The topological polar surface area (TPSA) is 45.4 Å². The van der Waals surface area contributed by atoms with Crippen molar-refractivity contribution in [2.45, 2.75) is 39.2 Å². The standard InChI is InChI=1S/C16H28N4/c1-4-8-20(10-9-19(2)3)16-14(12-17)11-13-6-5-7-15(13)18-16/h11H,4-10,12,17H2,1-3H3. The molecule has 1 aliphatic rings. The van der Waals surface area contributed by atoms with E-state index < -0.39 is 0 Å². The summed E-state index contributed by atoms with van der Waals surface area (Å²) in [5.41, 5.74) is 9.87.